The van der Waals surface area contributed by atoms with Gasteiger partial charge in [-0.3, -0.25) is 11.3 Å². The molecule has 0 bridgehead atoms. The van der Waals surface area contributed by atoms with Gasteiger partial charge in [-0.1, -0.05) is 35.4 Å². The van der Waals surface area contributed by atoms with Gasteiger partial charge >= 0.3 is 0 Å². The molecule has 2 aromatic carbocycles. The van der Waals surface area contributed by atoms with Gasteiger partial charge < -0.3 is 0 Å². The Labute approximate surface area is 127 Å². The summed E-state index contributed by atoms with van der Waals surface area (Å²) in [6.45, 7) is 2.04. The monoisotopic (exact) mass is 310 g/mol. The minimum absolute atomic E-state index is 0.265. The second kappa shape index (κ2) is 7.09. The third kappa shape index (κ3) is 3.96. The lowest BCUT2D eigenvalue weighted by Gasteiger charge is -2.17. The van der Waals surface area contributed by atoms with E-state index in [4.69, 9.17) is 17.4 Å². The smallest absolute Gasteiger partial charge is 0.129 e. The van der Waals surface area contributed by atoms with Crippen LogP contribution in [0.2, 0.25) is 5.02 Å². The Bertz CT molecular complexity index is 575. The summed E-state index contributed by atoms with van der Waals surface area (Å²) in [4.78, 5) is 1.13. The van der Waals surface area contributed by atoms with E-state index in [1.807, 2.05) is 19.1 Å². The lowest BCUT2D eigenvalue weighted by Crippen LogP contribution is -2.30. The number of benzene rings is 2. The van der Waals surface area contributed by atoms with Crippen molar-refractivity contribution in [1.82, 2.24) is 5.43 Å². The van der Waals surface area contributed by atoms with Gasteiger partial charge in [0.15, 0.2) is 0 Å². The van der Waals surface area contributed by atoms with Crippen LogP contribution in [0.25, 0.3) is 0 Å². The SMILES string of the molecule is Cc1ccc(SCC(NN)c2ccc(Cl)cc2F)cc1. The molecule has 0 saturated carbocycles. The Morgan fingerprint density at radius 2 is 1.95 bits per heavy atom. The van der Waals surface area contributed by atoms with Crippen molar-refractivity contribution in [1.29, 1.82) is 0 Å². The maximum Gasteiger partial charge on any atom is 0.129 e. The highest BCUT2D eigenvalue weighted by atomic mass is 35.5. The number of aryl methyl sites for hydroxylation is 1. The first kappa shape index (κ1) is 15.3. The first-order valence-electron chi connectivity index (χ1n) is 6.20. The highest BCUT2D eigenvalue weighted by Crippen LogP contribution is 2.27. The highest BCUT2D eigenvalue weighted by Gasteiger charge is 2.15. The standard InChI is InChI=1S/C15H16ClFN2S/c1-10-2-5-12(6-3-10)20-9-15(19-18)13-7-4-11(16)8-14(13)17/h2-8,15,19H,9,18H2,1H3. The molecule has 0 aliphatic carbocycles. The molecular formula is C15H16ClFN2S. The first-order valence-corrected chi connectivity index (χ1v) is 7.57. The Morgan fingerprint density at radius 1 is 1.25 bits per heavy atom. The van der Waals surface area contributed by atoms with E-state index >= 15 is 0 Å². The molecule has 2 nitrogen and oxygen atoms in total. The van der Waals surface area contributed by atoms with E-state index in [1.165, 1.54) is 11.6 Å². The van der Waals surface area contributed by atoms with E-state index in [0.717, 1.165) is 4.90 Å². The van der Waals surface area contributed by atoms with Crippen LogP contribution in [0.5, 0.6) is 0 Å². The van der Waals surface area contributed by atoms with Gasteiger partial charge in [0.05, 0.1) is 6.04 Å². The maximum atomic E-state index is 13.9. The van der Waals surface area contributed by atoms with Gasteiger partial charge in [-0.05, 0) is 31.2 Å². The van der Waals surface area contributed by atoms with Crippen molar-refractivity contribution >= 4 is 23.4 Å². The fraction of sp³-hybridized carbons (Fsp3) is 0.200. The summed E-state index contributed by atoms with van der Waals surface area (Å²) >= 11 is 7.38. The lowest BCUT2D eigenvalue weighted by molar-refractivity contribution is 0.546. The second-order valence-corrected chi connectivity index (χ2v) is 6.04. The molecule has 0 aromatic heterocycles. The quantitative estimate of drug-likeness (QED) is 0.496. The van der Waals surface area contributed by atoms with Crippen LogP contribution < -0.4 is 11.3 Å². The van der Waals surface area contributed by atoms with Gasteiger partial charge in [-0.25, -0.2) is 4.39 Å². The summed E-state index contributed by atoms with van der Waals surface area (Å²) in [5.74, 6) is 5.83. The molecule has 1 unspecified atom stereocenters. The fourth-order valence-electron chi connectivity index (χ4n) is 1.83. The van der Waals surface area contributed by atoms with Crippen LogP contribution in [0, 0.1) is 12.7 Å². The third-order valence-corrected chi connectivity index (χ3v) is 4.32. The predicted octanol–water partition coefficient (Wildman–Crippen LogP) is 4.08. The minimum atomic E-state index is -0.343. The molecule has 0 radical (unpaired) electrons. The topological polar surface area (TPSA) is 38.0 Å². The molecule has 0 fully saturated rings. The molecule has 0 spiro atoms. The zero-order chi connectivity index (χ0) is 14.5. The average molecular weight is 311 g/mol. The average Bonchev–Trinajstić information content (AvgIpc) is 2.43. The Hall–Kier alpha value is -1.07. The van der Waals surface area contributed by atoms with Gasteiger partial charge in [0, 0.05) is 21.2 Å². The van der Waals surface area contributed by atoms with E-state index in [1.54, 1.807) is 23.9 Å². The molecule has 0 saturated heterocycles. The molecule has 106 valence electrons. The fourth-order valence-corrected chi connectivity index (χ4v) is 2.95. The van der Waals surface area contributed by atoms with Crippen molar-refractivity contribution in [2.75, 3.05) is 5.75 Å². The molecule has 0 amide bonds. The summed E-state index contributed by atoms with van der Waals surface area (Å²) < 4.78 is 13.9. The van der Waals surface area contributed by atoms with Crippen molar-refractivity contribution in [2.24, 2.45) is 5.84 Å². The number of halogens is 2. The van der Waals surface area contributed by atoms with Gasteiger partial charge in [0.25, 0.3) is 0 Å². The van der Waals surface area contributed by atoms with Crippen LogP contribution >= 0.6 is 23.4 Å². The maximum absolute atomic E-state index is 13.9. The van der Waals surface area contributed by atoms with Crippen molar-refractivity contribution < 1.29 is 4.39 Å². The summed E-state index contributed by atoms with van der Waals surface area (Å²) in [5.41, 5.74) is 4.40. The van der Waals surface area contributed by atoms with E-state index in [0.29, 0.717) is 16.3 Å². The molecule has 3 N–H and O–H groups in total. The number of hydrazine groups is 1. The molecule has 0 aliphatic heterocycles. The largest absolute Gasteiger partial charge is 0.271 e. The van der Waals surface area contributed by atoms with E-state index in [-0.39, 0.29) is 11.9 Å². The molecule has 5 heteroatoms. The summed E-state index contributed by atoms with van der Waals surface area (Å²) in [6.07, 6.45) is 0. The van der Waals surface area contributed by atoms with Crippen LogP contribution in [0.3, 0.4) is 0 Å². The highest BCUT2D eigenvalue weighted by molar-refractivity contribution is 7.99. The van der Waals surface area contributed by atoms with Crippen molar-refractivity contribution in [3.8, 4) is 0 Å². The molecule has 2 rings (SSSR count). The lowest BCUT2D eigenvalue weighted by atomic mass is 10.1. The second-order valence-electron chi connectivity index (χ2n) is 4.51. The Morgan fingerprint density at radius 3 is 2.55 bits per heavy atom. The Balaban J connectivity index is 2.07. The van der Waals surface area contributed by atoms with Crippen LogP contribution in [0.15, 0.2) is 47.4 Å². The van der Waals surface area contributed by atoms with Crippen LogP contribution in [0.1, 0.15) is 17.2 Å². The number of nitrogens with one attached hydrogen (secondary N) is 1. The van der Waals surface area contributed by atoms with Crippen LogP contribution in [-0.4, -0.2) is 5.75 Å². The number of rotatable bonds is 5. The van der Waals surface area contributed by atoms with E-state index in [2.05, 4.69) is 17.6 Å². The predicted molar refractivity (Wildman–Crippen MR) is 83.4 cm³/mol. The van der Waals surface area contributed by atoms with Crippen LogP contribution in [0.4, 0.5) is 4.39 Å². The zero-order valence-corrected chi connectivity index (χ0v) is 12.6. The van der Waals surface area contributed by atoms with Crippen LogP contribution in [-0.2, 0) is 0 Å². The minimum Gasteiger partial charge on any atom is -0.271 e. The number of thioether (sulfide) groups is 1. The molecule has 0 heterocycles. The summed E-state index contributed by atoms with van der Waals surface area (Å²) in [7, 11) is 0. The number of nitrogens with two attached hydrogens (primary N) is 1. The van der Waals surface area contributed by atoms with Gasteiger partial charge in [0.1, 0.15) is 5.82 Å². The van der Waals surface area contributed by atoms with Crippen molar-refractivity contribution in [3.63, 3.8) is 0 Å². The molecular weight excluding hydrogens is 295 g/mol. The number of hydrogen-bond donors (Lipinski definition) is 2. The zero-order valence-electron chi connectivity index (χ0n) is 11.1. The molecule has 0 aliphatic rings. The molecule has 2 aromatic rings. The first-order chi connectivity index (χ1) is 9.60. The normalized spacial score (nSPS) is 12.4. The van der Waals surface area contributed by atoms with Gasteiger partial charge in [0.2, 0.25) is 0 Å². The molecule has 20 heavy (non-hydrogen) atoms. The van der Waals surface area contributed by atoms with E-state index < -0.39 is 0 Å². The summed E-state index contributed by atoms with van der Waals surface area (Å²) in [6, 6.07) is 12.6. The molecule has 1 atom stereocenters. The van der Waals surface area contributed by atoms with Crippen molar-refractivity contribution in [3.05, 3.63) is 64.4 Å². The third-order valence-electron chi connectivity index (χ3n) is 2.98. The van der Waals surface area contributed by atoms with Gasteiger partial charge in [-0.2, -0.15) is 0 Å². The van der Waals surface area contributed by atoms with E-state index in [9.17, 15) is 4.39 Å². The van der Waals surface area contributed by atoms with Crippen molar-refractivity contribution in [2.45, 2.75) is 17.9 Å². The number of hydrogen-bond acceptors (Lipinski definition) is 3. The summed E-state index contributed by atoms with van der Waals surface area (Å²) in [5, 5.41) is 0.383. The van der Waals surface area contributed by atoms with Gasteiger partial charge in [-0.15, -0.1) is 11.8 Å². The Kier molecular flexibility index (Phi) is 5.43.